The Bertz CT molecular complexity index is 1100. The summed E-state index contributed by atoms with van der Waals surface area (Å²) < 4.78 is 39.1. The van der Waals surface area contributed by atoms with E-state index in [0.717, 1.165) is 17.3 Å². The predicted octanol–water partition coefficient (Wildman–Crippen LogP) is 2.64. The molecule has 0 saturated carbocycles. The molecule has 3 rings (SSSR count). The molecule has 172 valence electrons. The van der Waals surface area contributed by atoms with Gasteiger partial charge in [-0.25, -0.2) is 12.8 Å². The van der Waals surface area contributed by atoms with Crippen LogP contribution in [-0.2, 0) is 24.8 Å². The number of hydrogen-bond donors (Lipinski definition) is 3. The fraction of sp³-hybridized carbons (Fsp3) is 0.364. The zero-order chi connectivity index (χ0) is 23.5. The van der Waals surface area contributed by atoms with Crippen molar-refractivity contribution in [3.05, 3.63) is 59.9 Å². The highest BCUT2D eigenvalue weighted by Crippen LogP contribution is 2.25. The average Bonchev–Trinajstić information content (AvgIpc) is 2.71. The molecule has 2 aromatic rings. The van der Waals surface area contributed by atoms with Crippen LogP contribution in [0, 0.1) is 5.82 Å². The molecule has 10 heteroatoms. The van der Waals surface area contributed by atoms with E-state index in [1.165, 1.54) is 30.3 Å². The summed E-state index contributed by atoms with van der Waals surface area (Å²) in [6.07, 6.45) is 0. The van der Waals surface area contributed by atoms with Crippen molar-refractivity contribution in [2.45, 2.75) is 41.8 Å². The van der Waals surface area contributed by atoms with Gasteiger partial charge in [0.2, 0.25) is 11.8 Å². The third kappa shape index (κ3) is 5.87. The van der Waals surface area contributed by atoms with E-state index in [1.807, 2.05) is 20.8 Å². The summed E-state index contributed by atoms with van der Waals surface area (Å²) in [4.78, 5) is 24.7. The molecule has 2 atom stereocenters. The van der Waals surface area contributed by atoms with Crippen LogP contribution in [0.2, 0.25) is 0 Å². The van der Waals surface area contributed by atoms with Crippen molar-refractivity contribution in [2.75, 3.05) is 17.6 Å². The first kappa shape index (κ1) is 24.2. The number of benzene rings is 2. The van der Waals surface area contributed by atoms with Gasteiger partial charge in [0.15, 0.2) is 15.1 Å². The Kier molecular flexibility index (Phi) is 7.26. The van der Waals surface area contributed by atoms with Crippen LogP contribution >= 0.6 is 11.8 Å². The van der Waals surface area contributed by atoms with Crippen LogP contribution in [0.25, 0.3) is 0 Å². The van der Waals surface area contributed by atoms with Crippen molar-refractivity contribution in [3.63, 3.8) is 0 Å². The summed E-state index contributed by atoms with van der Waals surface area (Å²) in [6.45, 7) is 6.03. The van der Waals surface area contributed by atoms with Gasteiger partial charge in [0.05, 0.1) is 10.6 Å². The first-order chi connectivity index (χ1) is 15.0. The van der Waals surface area contributed by atoms with E-state index in [-0.39, 0.29) is 28.5 Å². The highest BCUT2D eigenvalue weighted by molar-refractivity contribution is 8.00. The van der Waals surface area contributed by atoms with Crippen LogP contribution in [0.3, 0.4) is 0 Å². The summed E-state index contributed by atoms with van der Waals surface area (Å²) in [5.74, 6) is -1.46. The van der Waals surface area contributed by atoms with Gasteiger partial charge in [-0.05, 0) is 41.3 Å². The minimum absolute atomic E-state index is 0.0137. The molecule has 1 saturated heterocycles. The highest BCUT2D eigenvalue weighted by atomic mass is 32.2. The minimum atomic E-state index is -3.87. The first-order valence-corrected chi connectivity index (χ1v) is 12.6. The smallest absolute Gasteiger partial charge is 0.241 e. The van der Waals surface area contributed by atoms with Crippen molar-refractivity contribution < 1.29 is 22.4 Å². The van der Waals surface area contributed by atoms with E-state index < -0.39 is 32.3 Å². The van der Waals surface area contributed by atoms with E-state index in [2.05, 4.69) is 16.0 Å². The van der Waals surface area contributed by atoms with Crippen LogP contribution < -0.4 is 16.0 Å². The number of carbonyl (C=O) groups excluding carboxylic acids is 2. The number of hydrogen-bond acceptors (Lipinski definition) is 6. The van der Waals surface area contributed by atoms with Gasteiger partial charge in [0.25, 0.3) is 0 Å². The third-order valence-electron chi connectivity index (χ3n) is 4.97. The van der Waals surface area contributed by atoms with Gasteiger partial charge in [-0.2, -0.15) is 0 Å². The number of thioether (sulfide) groups is 1. The third-order valence-corrected chi connectivity index (χ3v) is 8.07. The maximum Gasteiger partial charge on any atom is 0.241 e. The fourth-order valence-corrected chi connectivity index (χ4v) is 5.48. The molecular weight excluding hydrogens is 453 g/mol. The lowest BCUT2D eigenvalue weighted by molar-refractivity contribution is -0.122. The quantitative estimate of drug-likeness (QED) is 0.589. The molecular formula is C22H26FN3O4S2. The van der Waals surface area contributed by atoms with Gasteiger partial charge >= 0.3 is 0 Å². The zero-order valence-corrected chi connectivity index (χ0v) is 19.6. The summed E-state index contributed by atoms with van der Waals surface area (Å²) >= 11 is 1.10. The van der Waals surface area contributed by atoms with Crippen LogP contribution in [-0.4, -0.2) is 43.3 Å². The minimum Gasteiger partial charge on any atom is -0.331 e. The average molecular weight is 480 g/mol. The number of amides is 2. The zero-order valence-electron chi connectivity index (χ0n) is 18.0. The molecule has 2 amide bonds. The van der Waals surface area contributed by atoms with Gasteiger partial charge in [-0.15, -0.1) is 11.8 Å². The number of nitrogens with one attached hydrogen (secondary N) is 3. The summed E-state index contributed by atoms with van der Waals surface area (Å²) in [6, 6.07) is 12.1. The molecule has 0 aliphatic carbocycles. The Balaban J connectivity index is 1.56. The number of rotatable bonds is 6. The topological polar surface area (TPSA) is 104 Å². The van der Waals surface area contributed by atoms with Crippen molar-refractivity contribution in [2.24, 2.45) is 0 Å². The lowest BCUT2D eigenvalue weighted by Gasteiger charge is -2.29. The molecule has 0 radical (unpaired) electrons. The Morgan fingerprint density at radius 2 is 1.88 bits per heavy atom. The summed E-state index contributed by atoms with van der Waals surface area (Å²) in [5, 5.41) is 6.86. The fourth-order valence-electron chi connectivity index (χ4n) is 3.16. The van der Waals surface area contributed by atoms with Gasteiger partial charge in [0, 0.05) is 12.2 Å². The van der Waals surface area contributed by atoms with Crippen molar-refractivity contribution in [1.29, 1.82) is 0 Å². The van der Waals surface area contributed by atoms with Crippen LogP contribution in [0.1, 0.15) is 26.3 Å². The number of sulfone groups is 1. The molecule has 1 aliphatic heterocycles. The predicted molar refractivity (Wildman–Crippen MR) is 124 cm³/mol. The second-order valence-corrected chi connectivity index (χ2v) is 11.7. The molecule has 2 aromatic carbocycles. The molecule has 1 aliphatic rings. The van der Waals surface area contributed by atoms with Gasteiger partial charge in [0.1, 0.15) is 11.3 Å². The Labute approximate surface area is 191 Å². The number of anilines is 1. The second kappa shape index (κ2) is 9.60. The van der Waals surface area contributed by atoms with Crippen LogP contribution in [0.15, 0.2) is 53.4 Å². The van der Waals surface area contributed by atoms with E-state index >= 15 is 0 Å². The first-order valence-electron chi connectivity index (χ1n) is 10.0. The van der Waals surface area contributed by atoms with Crippen LogP contribution in [0.4, 0.5) is 10.1 Å². The summed E-state index contributed by atoms with van der Waals surface area (Å²) in [5.41, 5.74) is 0.600. The number of halogens is 1. The molecule has 32 heavy (non-hydrogen) atoms. The Morgan fingerprint density at radius 1 is 1.19 bits per heavy atom. The molecule has 1 fully saturated rings. The van der Waals surface area contributed by atoms with Gasteiger partial charge in [-0.1, -0.05) is 39.0 Å². The normalized spacial score (nSPS) is 19.3. The number of carbonyl (C=O) groups is 2. The van der Waals surface area contributed by atoms with E-state index in [0.29, 0.717) is 5.69 Å². The highest BCUT2D eigenvalue weighted by Gasteiger charge is 2.38. The standard InChI is InChI=1S/C22H26FN3O4S2/c1-22(2,3)14-7-9-17(10-8-14)32(29,30)18-12-24-21(26-20(18)28)31-13-19(27)25-16-6-4-5-15(23)11-16/h4-11,18,21,24H,12-13H2,1-3H3,(H,25,27)(H,26,28). The Morgan fingerprint density at radius 3 is 2.47 bits per heavy atom. The molecule has 3 N–H and O–H groups in total. The van der Waals surface area contributed by atoms with Gasteiger partial charge < -0.3 is 10.6 Å². The van der Waals surface area contributed by atoms with E-state index in [9.17, 15) is 22.4 Å². The molecule has 7 nitrogen and oxygen atoms in total. The van der Waals surface area contributed by atoms with Crippen molar-refractivity contribution >= 4 is 39.1 Å². The molecule has 2 unspecified atom stereocenters. The lowest BCUT2D eigenvalue weighted by atomic mass is 9.87. The van der Waals surface area contributed by atoms with E-state index in [1.54, 1.807) is 18.2 Å². The molecule has 1 heterocycles. The molecule has 0 aromatic heterocycles. The molecule has 0 bridgehead atoms. The van der Waals surface area contributed by atoms with Crippen LogP contribution in [0.5, 0.6) is 0 Å². The lowest BCUT2D eigenvalue weighted by Crippen LogP contribution is -2.59. The summed E-state index contributed by atoms with van der Waals surface area (Å²) in [7, 11) is -3.87. The van der Waals surface area contributed by atoms with Crippen molar-refractivity contribution in [3.8, 4) is 0 Å². The SMILES string of the molecule is CC(C)(C)c1ccc(S(=O)(=O)C2CNC(SCC(=O)Nc3cccc(F)c3)NC2=O)cc1. The maximum absolute atomic E-state index is 13.2. The van der Waals surface area contributed by atoms with Crippen molar-refractivity contribution in [1.82, 2.24) is 10.6 Å². The monoisotopic (exact) mass is 479 g/mol. The second-order valence-electron chi connectivity index (χ2n) is 8.47. The van der Waals surface area contributed by atoms with Gasteiger partial charge in [-0.3, -0.25) is 14.9 Å². The molecule has 0 spiro atoms. The Hall–Kier alpha value is -2.43. The largest absolute Gasteiger partial charge is 0.331 e. The van der Waals surface area contributed by atoms with E-state index in [4.69, 9.17) is 0 Å². The maximum atomic E-state index is 13.2.